The Morgan fingerprint density at radius 1 is 0.933 bits per heavy atom. The number of carbonyl (C=O) groups is 1. The van der Waals surface area contributed by atoms with Crippen LogP contribution in [0.4, 0.5) is 0 Å². The van der Waals surface area contributed by atoms with E-state index in [2.05, 4.69) is 57.6 Å². The number of fused-ring (bicyclic) bond motifs is 4. The van der Waals surface area contributed by atoms with Gasteiger partial charge in [-0.25, -0.2) is 5.43 Å². The van der Waals surface area contributed by atoms with Gasteiger partial charge in [0.05, 0.1) is 6.21 Å². The van der Waals surface area contributed by atoms with E-state index in [1.54, 1.807) is 6.21 Å². The number of aromatic nitrogens is 1. The average Bonchev–Trinajstić information content (AvgIpc) is 3.12. The Morgan fingerprint density at radius 2 is 1.70 bits per heavy atom. The van der Waals surface area contributed by atoms with Crippen LogP contribution in [0.15, 0.2) is 71.8 Å². The maximum atomic E-state index is 12.5. The van der Waals surface area contributed by atoms with Crippen LogP contribution in [0.1, 0.15) is 36.1 Å². The van der Waals surface area contributed by atoms with Crippen molar-refractivity contribution in [2.45, 2.75) is 38.6 Å². The quantitative estimate of drug-likeness (QED) is 0.366. The van der Waals surface area contributed by atoms with Gasteiger partial charge in [-0.05, 0) is 48.1 Å². The molecule has 1 aliphatic carbocycles. The van der Waals surface area contributed by atoms with Crippen LogP contribution in [0.3, 0.4) is 0 Å². The third-order valence-electron chi connectivity index (χ3n) is 6.06. The van der Waals surface area contributed by atoms with Crippen molar-refractivity contribution in [2.75, 3.05) is 0 Å². The van der Waals surface area contributed by atoms with Crippen molar-refractivity contribution in [1.82, 2.24) is 9.99 Å². The van der Waals surface area contributed by atoms with Crippen LogP contribution < -0.4 is 5.43 Å². The smallest absolute Gasteiger partial charge is 0.241 e. The molecule has 3 aromatic carbocycles. The average molecular weight is 396 g/mol. The number of carbonyl (C=O) groups excluding carboxylic acids is 1. The number of hydrogen-bond acceptors (Lipinski definition) is 2. The Labute approximate surface area is 176 Å². The molecule has 0 atom stereocenters. The van der Waals surface area contributed by atoms with Gasteiger partial charge in [-0.3, -0.25) is 4.79 Å². The van der Waals surface area contributed by atoms with E-state index in [-0.39, 0.29) is 5.91 Å². The van der Waals surface area contributed by atoms with Crippen molar-refractivity contribution >= 4 is 33.8 Å². The van der Waals surface area contributed by atoms with Crippen molar-refractivity contribution in [3.63, 3.8) is 0 Å². The molecule has 1 amide bonds. The van der Waals surface area contributed by atoms with E-state index in [9.17, 15) is 4.79 Å². The summed E-state index contributed by atoms with van der Waals surface area (Å²) >= 11 is 0. The van der Waals surface area contributed by atoms with Crippen molar-refractivity contribution in [3.8, 4) is 0 Å². The SMILES string of the molecule is O=C(CCn1c2c(c3ccccc31)CCCC2)NN=Cc1cccc2ccccc12. The van der Waals surface area contributed by atoms with E-state index in [0.717, 1.165) is 29.2 Å². The molecule has 30 heavy (non-hydrogen) atoms. The molecule has 1 heterocycles. The Morgan fingerprint density at radius 3 is 2.63 bits per heavy atom. The van der Waals surface area contributed by atoms with Gasteiger partial charge in [-0.1, -0.05) is 60.7 Å². The summed E-state index contributed by atoms with van der Waals surface area (Å²) in [6.07, 6.45) is 6.87. The highest BCUT2D eigenvalue weighted by molar-refractivity contribution is 6.00. The summed E-state index contributed by atoms with van der Waals surface area (Å²) in [5, 5.41) is 7.85. The summed E-state index contributed by atoms with van der Waals surface area (Å²) in [5.74, 6) is -0.0613. The monoisotopic (exact) mass is 395 g/mol. The molecule has 0 bridgehead atoms. The largest absolute Gasteiger partial charge is 0.344 e. The number of nitrogens with zero attached hydrogens (tertiary/aromatic N) is 2. The molecule has 5 rings (SSSR count). The van der Waals surface area contributed by atoms with Gasteiger partial charge in [-0.15, -0.1) is 0 Å². The lowest BCUT2D eigenvalue weighted by atomic mass is 9.95. The Balaban J connectivity index is 1.29. The summed E-state index contributed by atoms with van der Waals surface area (Å²) in [7, 11) is 0. The molecule has 0 fully saturated rings. The highest BCUT2D eigenvalue weighted by atomic mass is 16.2. The molecule has 4 heteroatoms. The lowest BCUT2D eigenvalue weighted by Gasteiger charge is -2.15. The van der Waals surface area contributed by atoms with E-state index >= 15 is 0 Å². The second-order valence-corrected chi connectivity index (χ2v) is 7.91. The van der Waals surface area contributed by atoms with Crippen molar-refractivity contribution in [2.24, 2.45) is 5.10 Å². The number of hydrazone groups is 1. The number of amides is 1. The lowest BCUT2D eigenvalue weighted by molar-refractivity contribution is -0.121. The van der Waals surface area contributed by atoms with Gasteiger partial charge in [0.25, 0.3) is 0 Å². The minimum Gasteiger partial charge on any atom is -0.344 e. The maximum absolute atomic E-state index is 12.5. The van der Waals surface area contributed by atoms with Crippen LogP contribution in [0.5, 0.6) is 0 Å². The zero-order chi connectivity index (χ0) is 20.3. The first-order valence-corrected chi connectivity index (χ1v) is 10.7. The molecule has 0 radical (unpaired) electrons. The number of aryl methyl sites for hydroxylation is 2. The van der Waals surface area contributed by atoms with Gasteiger partial charge in [0, 0.05) is 35.1 Å². The molecule has 150 valence electrons. The Hall–Kier alpha value is -3.40. The predicted octanol–water partition coefficient (Wildman–Crippen LogP) is 5.21. The lowest BCUT2D eigenvalue weighted by Crippen LogP contribution is -2.20. The molecule has 0 saturated heterocycles. The predicted molar refractivity (Wildman–Crippen MR) is 123 cm³/mol. The minimum atomic E-state index is -0.0613. The number of hydrogen-bond donors (Lipinski definition) is 1. The fraction of sp³-hybridized carbons (Fsp3) is 0.231. The first kappa shape index (κ1) is 18.6. The number of para-hydroxylation sites is 1. The van der Waals surface area contributed by atoms with Gasteiger partial charge in [-0.2, -0.15) is 5.10 Å². The van der Waals surface area contributed by atoms with Crippen molar-refractivity contribution in [3.05, 3.63) is 83.6 Å². The summed E-state index contributed by atoms with van der Waals surface area (Å²) in [6, 6.07) is 22.8. The molecule has 0 unspecified atom stereocenters. The molecular weight excluding hydrogens is 370 g/mol. The molecule has 1 aromatic heterocycles. The molecule has 0 saturated carbocycles. The normalized spacial score (nSPS) is 13.7. The molecule has 0 spiro atoms. The van der Waals surface area contributed by atoms with Crippen LogP contribution in [0.2, 0.25) is 0 Å². The van der Waals surface area contributed by atoms with Crippen LogP contribution in [0, 0.1) is 0 Å². The Kier molecular flexibility index (Phi) is 5.06. The Bertz CT molecular complexity index is 1250. The van der Waals surface area contributed by atoms with Crippen molar-refractivity contribution in [1.29, 1.82) is 0 Å². The zero-order valence-corrected chi connectivity index (χ0v) is 17.0. The third kappa shape index (κ3) is 3.50. The molecule has 4 nitrogen and oxygen atoms in total. The second kappa shape index (κ2) is 8.15. The molecule has 0 aliphatic heterocycles. The third-order valence-corrected chi connectivity index (χ3v) is 6.06. The highest BCUT2D eigenvalue weighted by Crippen LogP contribution is 2.32. The summed E-state index contributed by atoms with van der Waals surface area (Å²) in [6.45, 7) is 0.686. The molecule has 4 aromatic rings. The topological polar surface area (TPSA) is 46.4 Å². The number of nitrogens with one attached hydrogen (secondary N) is 1. The summed E-state index contributed by atoms with van der Waals surface area (Å²) in [4.78, 5) is 12.5. The zero-order valence-electron chi connectivity index (χ0n) is 17.0. The van der Waals surface area contributed by atoms with E-state index in [1.165, 1.54) is 35.0 Å². The number of rotatable bonds is 5. The van der Waals surface area contributed by atoms with Gasteiger partial charge < -0.3 is 4.57 Å². The molecular formula is C26H25N3O. The fourth-order valence-electron chi connectivity index (χ4n) is 4.65. The van der Waals surface area contributed by atoms with E-state index in [1.807, 2.05) is 24.3 Å². The molecule has 1 N–H and O–H groups in total. The van der Waals surface area contributed by atoms with Gasteiger partial charge in [0.1, 0.15) is 0 Å². The van der Waals surface area contributed by atoms with Crippen LogP contribution in [0.25, 0.3) is 21.7 Å². The fourth-order valence-corrected chi connectivity index (χ4v) is 4.65. The molecule has 1 aliphatic rings. The van der Waals surface area contributed by atoms with E-state index < -0.39 is 0 Å². The maximum Gasteiger partial charge on any atom is 0.241 e. The number of benzene rings is 3. The van der Waals surface area contributed by atoms with Crippen LogP contribution >= 0.6 is 0 Å². The van der Waals surface area contributed by atoms with E-state index in [4.69, 9.17) is 0 Å². The first-order chi connectivity index (χ1) is 14.8. The minimum absolute atomic E-state index is 0.0613. The highest BCUT2D eigenvalue weighted by Gasteiger charge is 2.19. The summed E-state index contributed by atoms with van der Waals surface area (Å²) in [5.41, 5.74) is 7.84. The van der Waals surface area contributed by atoms with Gasteiger partial charge in [0.15, 0.2) is 0 Å². The van der Waals surface area contributed by atoms with Gasteiger partial charge >= 0.3 is 0 Å². The summed E-state index contributed by atoms with van der Waals surface area (Å²) < 4.78 is 2.35. The van der Waals surface area contributed by atoms with Crippen molar-refractivity contribution < 1.29 is 4.79 Å². The van der Waals surface area contributed by atoms with Gasteiger partial charge in [0.2, 0.25) is 5.91 Å². The van der Waals surface area contributed by atoms with Crippen LogP contribution in [-0.2, 0) is 24.2 Å². The first-order valence-electron chi connectivity index (χ1n) is 10.7. The standard InChI is InChI=1S/C26H25N3O/c30-26(28-27-18-20-10-7-9-19-8-1-2-11-21(19)20)16-17-29-24-14-5-3-12-22(24)23-13-4-6-15-25(23)29/h1-3,5,7-12,14,18H,4,6,13,15-17H2,(H,28,30). The van der Waals surface area contributed by atoms with Crippen LogP contribution in [-0.4, -0.2) is 16.7 Å². The van der Waals surface area contributed by atoms with E-state index in [0.29, 0.717) is 13.0 Å². The second-order valence-electron chi connectivity index (χ2n) is 7.91.